The van der Waals surface area contributed by atoms with Gasteiger partial charge in [-0.15, -0.1) is 11.3 Å². The monoisotopic (exact) mass is 311 g/mol. The van der Waals surface area contributed by atoms with E-state index in [1.165, 1.54) is 29.5 Å². The van der Waals surface area contributed by atoms with Crippen molar-refractivity contribution in [2.75, 3.05) is 0 Å². The number of nitro benzene ring substituents is 1. The molecule has 2 aromatic rings. The lowest BCUT2D eigenvalue weighted by molar-refractivity contribution is -0.385. The molecule has 1 N–H and O–H groups in total. The molecule has 0 radical (unpaired) electrons. The second-order valence-electron chi connectivity index (χ2n) is 3.92. The first-order chi connectivity index (χ1) is 9.49. The van der Waals surface area contributed by atoms with Crippen LogP contribution in [0.4, 0.5) is 5.69 Å². The Morgan fingerprint density at radius 3 is 2.90 bits per heavy atom. The Hall–Kier alpha value is -1.99. The first-order valence-corrected chi connectivity index (χ1v) is 6.81. The van der Waals surface area contributed by atoms with Crippen molar-refractivity contribution in [3.8, 4) is 0 Å². The minimum absolute atomic E-state index is 0.0521. The number of thiazole rings is 1. The predicted molar refractivity (Wildman–Crippen MR) is 76.1 cm³/mol. The van der Waals surface area contributed by atoms with Crippen LogP contribution < -0.4 is 5.32 Å². The van der Waals surface area contributed by atoms with Gasteiger partial charge < -0.3 is 5.32 Å². The molecule has 0 aliphatic carbocycles. The number of para-hydroxylation sites is 1. The number of nitro groups is 1. The number of carbonyl (C=O) groups is 1. The van der Waals surface area contributed by atoms with Crippen molar-refractivity contribution in [3.63, 3.8) is 0 Å². The molecule has 0 bridgehead atoms. The molecule has 6 nitrogen and oxygen atoms in total. The van der Waals surface area contributed by atoms with Crippen LogP contribution in [-0.2, 0) is 6.54 Å². The molecule has 0 unspecified atom stereocenters. The number of aryl methyl sites for hydroxylation is 1. The van der Waals surface area contributed by atoms with Crippen LogP contribution in [-0.4, -0.2) is 15.8 Å². The van der Waals surface area contributed by atoms with E-state index in [0.29, 0.717) is 0 Å². The summed E-state index contributed by atoms with van der Waals surface area (Å²) in [6.07, 6.45) is 1.66. The number of rotatable bonds is 4. The van der Waals surface area contributed by atoms with Crippen LogP contribution in [0.15, 0.2) is 24.4 Å². The van der Waals surface area contributed by atoms with Gasteiger partial charge in [0.1, 0.15) is 10.6 Å². The Bertz CT molecular complexity index is 672. The summed E-state index contributed by atoms with van der Waals surface area (Å²) in [7, 11) is 0. The third kappa shape index (κ3) is 3.12. The fourth-order valence-electron chi connectivity index (χ4n) is 1.63. The summed E-state index contributed by atoms with van der Waals surface area (Å²) in [6.45, 7) is 2.13. The quantitative estimate of drug-likeness (QED) is 0.695. The molecule has 1 aromatic carbocycles. The van der Waals surface area contributed by atoms with Crippen molar-refractivity contribution in [3.05, 3.63) is 55.0 Å². The van der Waals surface area contributed by atoms with Gasteiger partial charge in [0.25, 0.3) is 5.91 Å². The molecular weight excluding hydrogens is 302 g/mol. The van der Waals surface area contributed by atoms with Gasteiger partial charge in [-0.05, 0) is 19.1 Å². The van der Waals surface area contributed by atoms with E-state index >= 15 is 0 Å². The minimum Gasteiger partial charge on any atom is -0.347 e. The predicted octanol–water partition coefficient (Wildman–Crippen LogP) is 2.94. The van der Waals surface area contributed by atoms with Gasteiger partial charge in [0, 0.05) is 11.1 Å². The van der Waals surface area contributed by atoms with Crippen LogP contribution in [0.25, 0.3) is 0 Å². The van der Waals surface area contributed by atoms with Crippen LogP contribution in [0.2, 0.25) is 5.02 Å². The lowest BCUT2D eigenvalue weighted by Gasteiger charge is -2.05. The van der Waals surface area contributed by atoms with Crippen molar-refractivity contribution in [1.82, 2.24) is 10.3 Å². The van der Waals surface area contributed by atoms with E-state index in [-0.39, 0.29) is 22.8 Å². The maximum atomic E-state index is 12.0. The third-order valence-electron chi connectivity index (χ3n) is 2.51. The summed E-state index contributed by atoms with van der Waals surface area (Å²) in [5.74, 6) is -0.537. The van der Waals surface area contributed by atoms with Gasteiger partial charge in [-0.25, -0.2) is 4.98 Å². The molecule has 104 valence electrons. The third-order valence-corrected chi connectivity index (χ3v) is 3.72. The van der Waals surface area contributed by atoms with Crippen molar-refractivity contribution < 1.29 is 9.72 Å². The summed E-state index contributed by atoms with van der Waals surface area (Å²) >= 11 is 7.21. The maximum absolute atomic E-state index is 12.0. The number of hydrogen-bond donors (Lipinski definition) is 1. The highest BCUT2D eigenvalue weighted by molar-refractivity contribution is 7.11. The molecule has 0 atom stereocenters. The Morgan fingerprint density at radius 1 is 1.55 bits per heavy atom. The molecular formula is C12H10ClN3O3S. The molecule has 2 rings (SSSR count). The lowest BCUT2D eigenvalue weighted by atomic mass is 10.1. The topological polar surface area (TPSA) is 85.1 Å². The van der Waals surface area contributed by atoms with Crippen LogP contribution in [0, 0.1) is 17.0 Å². The zero-order chi connectivity index (χ0) is 14.7. The van der Waals surface area contributed by atoms with E-state index < -0.39 is 10.8 Å². The summed E-state index contributed by atoms with van der Waals surface area (Å²) in [6, 6.07) is 4.25. The van der Waals surface area contributed by atoms with E-state index in [1.807, 2.05) is 6.92 Å². The molecule has 0 spiro atoms. The number of aromatic nitrogens is 1. The highest BCUT2D eigenvalue weighted by atomic mass is 35.5. The average molecular weight is 312 g/mol. The van der Waals surface area contributed by atoms with E-state index in [1.54, 1.807) is 6.20 Å². The standard InChI is InChI=1S/C12H10ClN3O3S/c1-7-14-5-8(20-7)6-15-12(17)9-3-2-4-10(13)11(9)16(18)19/h2-5H,6H2,1H3,(H,15,17). The Labute approximate surface area is 123 Å². The highest BCUT2D eigenvalue weighted by Gasteiger charge is 2.23. The molecule has 0 fully saturated rings. The highest BCUT2D eigenvalue weighted by Crippen LogP contribution is 2.28. The van der Waals surface area contributed by atoms with Crippen molar-refractivity contribution in [2.45, 2.75) is 13.5 Å². The number of carbonyl (C=O) groups excluding carboxylic acids is 1. The van der Waals surface area contributed by atoms with E-state index in [0.717, 1.165) is 9.88 Å². The second-order valence-corrected chi connectivity index (χ2v) is 5.65. The molecule has 0 saturated carbocycles. The van der Waals surface area contributed by atoms with Gasteiger partial charge in [0.2, 0.25) is 0 Å². The van der Waals surface area contributed by atoms with Crippen molar-refractivity contribution >= 4 is 34.5 Å². The lowest BCUT2D eigenvalue weighted by Crippen LogP contribution is -2.23. The molecule has 1 amide bonds. The molecule has 20 heavy (non-hydrogen) atoms. The van der Waals surface area contributed by atoms with Gasteiger partial charge in [0.15, 0.2) is 0 Å². The van der Waals surface area contributed by atoms with E-state index in [2.05, 4.69) is 10.3 Å². The molecule has 8 heteroatoms. The molecule has 0 saturated heterocycles. The fraction of sp³-hybridized carbons (Fsp3) is 0.167. The second kappa shape index (κ2) is 5.98. The van der Waals surface area contributed by atoms with Gasteiger partial charge in [0.05, 0.1) is 16.5 Å². The first-order valence-electron chi connectivity index (χ1n) is 5.61. The largest absolute Gasteiger partial charge is 0.347 e. The number of hydrogen-bond acceptors (Lipinski definition) is 5. The number of nitrogens with one attached hydrogen (secondary N) is 1. The first kappa shape index (κ1) is 14.4. The van der Waals surface area contributed by atoms with Crippen LogP contribution in [0.5, 0.6) is 0 Å². The normalized spacial score (nSPS) is 10.3. The van der Waals surface area contributed by atoms with Crippen molar-refractivity contribution in [2.24, 2.45) is 0 Å². The number of benzene rings is 1. The van der Waals surface area contributed by atoms with Gasteiger partial charge in [-0.3, -0.25) is 14.9 Å². The van der Waals surface area contributed by atoms with Crippen molar-refractivity contribution in [1.29, 1.82) is 0 Å². The summed E-state index contributed by atoms with van der Waals surface area (Å²) in [5, 5.41) is 14.4. The SMILES string of the molecule is Cc1ncc(CNC(=O)c2cccc(Cl)c2[N+](=O)[O-])s1. The Balaban J connectivity index is 2.17. The maximum Gasteiger partial charge on any atom is 0.300 e. The Kier molecular flexibility index (Phi) is 4.31. The molecule has 1 heterocycles. The zero-order valence-corrected chi connectivity index (χ0v) is 12.0. The van der Waals surface area contributed by atoms with E-state index in [9.17, 15) is 14.9 Å². The summed E-state index contributed by atoms with van der Waals surface area (Å²) < 4.78 is 0. The molecule has 0 aliphatic rings. The number of halogens is 1. The smallest absolute Gasteiger partial charge is 0.300 e. The van der Waals surface area contributed by atoms with E-state index in [4.69, 9.17) is 11.6 Å². The summed E-state index contributed by atoms with van der Waals surface area (Å²) in [4.78, 5) is 27.3. The van der Waals surface area contributed by atoms with Gasteiger partial charge >= 0.3 is 5.69 Å². The average Bonchev–Trinajstić information content (AvgIpc) is 2.81. The summed E-state index contributed by atoms with van der Waals surface area (Å²) in [5.41, 5.74) is -0.434. The zero-order valence-electron chi connectivity index (χ0n) is 10.4. The number of nitrogens with zero attached hydrogens (tertiary/aromatic N) is 2. The molecule has 1 aromatic heterocycles. The van der Waals surface area contributed by atoms with Crippen LogP contribution in [0.3, 0.4) is 0 Å². The fourth-order valence-corrected chi connectivity index (χ4v) is 2.61. The van der Waals surface area contributed by atoms with Crippen LogP contribution >= 0.6 is 22.9 Å². The number of amides is 1. The minimum atomic E-state index is -0.659. The van der Waals surface area contributed by atoms with Gasteiger partial charge in [-0.1, -0.05) is 17.7 Å². The molecule has 0 aliphatic heterocycles. The Morgan fingerprint density at radius 2 is 2.30 bits per heavy atom. The van der Waals surface area contributed by atoms with Crippen LogP contribution in [0.1, 0.15) is 20.2 Å². The van der Waals surface area contributed by atoms with Gasteiger partial charge in [-0.2, -0.15) is 0 Å².